The second-order valence-electron chi connectivity index (χ2n) is 8.69. The Kier molecular flexibility index (Phi) is 6.77. The highest BCUT2D eigenvalue weighted by atomic mass is 32.1. The zero-order valence-corrected chi connectivity index (χ0v) is 20.6. The number of thiocarbonyl (C=S) groups is 1. The Bertz CT molecular complexity index is 1390. The summed E-state index contributed by atoms with van der Waals surface area (Å²) >= 11 is 5.73. The van der Waals surface area contributed by atoms with E-state index in [2.05, 4.69) is 15.6 Å². The first-order valence-electron chi connectivity index (χ1n) is 11.8. The molecule has 4 aromatic rings. The van der Waals surface area contributed by atoms with Gasteiger partial charge in [0, 0.05) is 36.7 Å². The van der Waals surface area contributed by atoms with Crippen LogP contribution < -0.4 is 10.6 Å². The number of para-hydroxylation sites is 2. The molecule has 2 aromatic carbocycles. The highest BCUT2D eigenvalue weighted by molar-refractivity contribution is 7.80. The number of aryl methyl sites for hydroxylation is 1. The molecule has 36 heavy (non-hydrogen) atoms. The smallest absolute Gasteiger partial charge is 0.226 e. The number of carbonyl (C=O) groups is 1. The molecule has 1 aliphatic heterocycles. The maximum absolute atomic E-state index is 14.8. The number of nitrogens with one attached hydrogen (secondary N) is 2. The first-order valence-corrected chi connectivity index (χ1v) is 12.2. The van der Waals surface area contributed by atoms with Crippen LogP contribution in [0.2, 0.25) is 0 Å². The standard InChI is InChI=1S/C28H26FN5OS/c1-19-9-2-4-11-21(19)31-25(35)15-18-34-27(26(32-28(34)36)22-12-6-7-16-30-22)24-14-8-17-33(24)23-13-5-3-10-20(23)29/h2-14,16-17,26-27H,15,18H2,1H3,(H,31,35)(H,32,36)/t26-,27-/m1/s1. The van der Waals surface area contributed by atoms with Crippen LogP contribution in [-0.2, 0) is 4.79 Å². The van der Waals surface area contributed by atoms with Gasteiger partial charge in [-0.2, -0.15) is 0 Å². The van der Waals surface area contributed by atoms with Gasteiger partial charge >= 0.3 is 0 Å². The van der Waals surface area contributed by atoms with Gasteiger partial charge in [0.2, 0.25) is 5.91 Å². The summed E-state index contributed by atoms with van der Waals surface area (Å²) in [6.07, 6.45) is 3.82. The Morgan fingerprint density at radius 3 is 2.61 bits per heavy atom. The van der Waals surface area contributed by atoms with Crippen LogP contribution in [0.4, 0.5) is 10.1 Å². The van der Waals surface area contributed by atoms with E-state index in [4.69, 9.17) is 12.2 Å². The molecule has 2 atom stereocenters. The summed E-state index contributed by atoms with van der Waals surface area (Å²) in [4.78, 5) is 19.4. The van der Waals surface area contributed by atoms with Gasteiger partial charge in [-0.25, -0.2) is 4.39 Å². The lowest BCUT2D eigenvalue weighted by molar-refractivity contribution is -0.116. The van der Waals surface area contributed by atoms with Crippen molar-refractivity contribution in [1.29, 1.82) is 0 Å². The van der Waals surface area contributed by atoms with E-state index in [0.717, 1.165) is 22.6 Å². The lowest BCUT2D eigenvalue weighted by Gasteiger charge is -2.29. The number of hydrogen-bond acceptors (Lipinski definition) is 3. The fourth-order valence-corrected chi connectivity index (χ4v) is 4.95. The van der Waals surface area contributed by atoms with Gasteiger partial charge in [-0.1, -0.05) is 36.4 Å². The zero-order valence-electron chi connectivity index (χ0n) is 19.8. The molecule has 1 amide bonds. The van der Waals surface area contributed by atoms with Crippen LogP contribution in [0.1, 0.15) is 35.5 Å². The molecule has 0 unspecified atom stereocenters. The quantitative estimate of drug-likeness (QED) is 0.337. The predicted molar refractivity (Wildman–Crippen MR) is 142 cm³/mol. The molecule has 6 nitrogen and oxygen atoms in total. The highest BCUT2D eigenvalue weighted by Gasteiger charge is 2.41. The molecular formula is C28H26FN5OS. The average Bonchev–Trinajstić information content (AvgIpc) is 3.49. The van der Waals surface area contributed by atoms with Crippen LogP contribution in [0.15, 0.2) is 91.3 Å². The lowest BCUT2D eigenvalue weighted by Crippen LogP contribution is -2.33. The largest absolute Gasteiger partial charge is 0.352 e. The summed E-state index contributed by atoms with van der Waals surface area (Å²) in [6, 6.07) is 23.4. The van der Waals surface area contributed by atoms with E-state index in [0.29, 0.717) is 17.3 Å². The van der Waals surface area contributed by atoms with Crippen LogP contribution in [0.3, 0.4) is 0 Å². The predicted octanol–water partition coefficient (Wildman–Crippen LogP) is 5.32. The van der Waals surface area contributed by atoms with Crippen molar-refractivity contribution in [3.8, 4) is 5.69 Å². The molecule has 0 bridgehead atoms. The number of amides is 1. The lowest BCUT2D eigenvalue weighted by atomic mass is 10.0. The van der Waals surface area contributed by atoms with E-state index in [-0.39, 0.29) is 30.2 Å². The van der Waals surface area contributed by atoms with Crippen molar-refractivity contribution >= 4 is 28.9 Å². The maximum atomic E-state index is 14.8. The van der Waals surface area contributed by atoms with Crippen molar-refractivity contribution in [3.05, 3.63) is 114 Å². The van der Waals surface area contributed by atoms with Gasteiger partial charge < -0.3 is 20.1 Å². The molecule has 1 saturated heterocycles. The van der Waals surface area contributed by atoms with Gasteiger partial charge in [0.1, 0.15) is 5.82 Å². The summed E-state index contributed by atoms with van der Waals surface area (Å²) in [5.74, 6) is -0.418. The highest BCUT2D eigenvalue weighted by Crippen LogP contribution is 2.39. The minimum absolute atomic E-state index is 0.100. The summed E-state index contributed by atoms with van der Waals surface area (Å²) in [5, 5.41) is 6.91. The van der Waals surface area contributed by atoms with E-state index < -0.39 is 0 Å². The van der Waals surface area contributed by atoms with Gasteiger partial charge in [0.05, 0.1) is 23.5 Å². The number of anilines is 1. The van der Waals surface area contributed by atoms with Crippen LogP contribution in [-0.4, -0.2) is 32.0 Å². The minimum Gasteiger partial charge on any atom is -0.352 e. The van der Waals surface area contributed by atoms with E-state index >= 15 is 0 Å². The van der Waals surface area contributed by atoms with Gasteiger partial charge in [0.25, 0.3) is 0 Å². The van der Waals surface area contributed by atoms with Gasteiger partial charge in [-0.15, -0.1) is 0 Å². The van der Waals surface area contributed by atoms with Crippen molar-refractivity contribution in [2.45, 2.75) is 25.4 Å². The number of aromatic nitrogens is 2. The number of halogens is 1. The molecule has 0 radical (unpaired) electrons. The number of hydrogen-bond donors (Lipinski definition) is 2. The molecule has 0 spiro atoms. The van der Waals surface area contributed by atoms with Crippen molar-refractivity contribution < 1.29 is 9.18 Å². The van der Waals surface area contributed by atoms with Gasteiger partial charge in [-0.3, -0.25) is 9.78 Å². The van der Waals surface area contributed by atoms with Crippen molar-refractivity contribution in [3.63, 3.8) is 0 Å². The fraction of sp³-hybridized carbons (Fsp3) is 0.179. The van der Waals surface area contributed by atoms with Gasteiger partial charge in [0.15, 0.2) is 5.11 Å². The molecule has 182 valence electrons. The monoisotopic (exact) mass is 499 g/mol. The van der Waals surface area contributed by atoms with Crippen LogP contribution in [0, 0.1) is 12.7 Å². The first kappa shape index (κ1) is 23.7. The van der Waals surface area contributed by atoms with Crippen LogP contribution >= 0.6 is 12.2 Å². The fourth-order valence-electron chi connectivity index (χ4n) is 4.62. The minimum atomic E-state index is -0.318. The molecule has 1 aliphatic rings. The Balaban J connectivity index is 1.46. The van der Waals surface area contributed by atoms with Crippen LogP contribution in [0.25, 0.3) is 5.69 Å². The molecule has 0 aliphatic carbocycles. The summed E-state index contributed by atoms with van der Waals surface area (Å²) in [7, 11) is 0. The average molecular weight is 500 g/mol. The van der Waals surface area contributed by atoms with Crippen molar-refractivity contribution in [2.75, 3.05) is 11.9 Å². The Labute approximate surface area is 214 Å². The molecule has 8 heteroatoms. The summed E-state index contributed by atoms with van der Waals surface area (Å²) in [6.45, 7) is 2.35. The third-order valence-corrected chi connectivity index (χ3v) is 6.74. The summed E-state index contributed by atoms with van der Waals surface area (Å²) in [5.41, 5.74) is 3.91. The van der Waals surface area contributed by atoms with E-state index in [9.17, 15) is 9.18 Å². The number of pyridine rings is 1. The van der Waals surface area contributed by atoms with E-state index in [1.807, 2.05) is 83.3 Å². The zero-order chi connectivity index (χ0) is 25.1. The molecule has 0 saturated carbocycles. The summed E-state index contributed by atoms with van der Waals surface area (Å²) < 4.78 is 16.6. The second-order valence-corrected chi connectivity index (χ2v) is 9.07. The third-order valence-electron chi connectivity index (χ3n) is 6.39. The maximum Gasteiger partial charge on any atom is 0.226 e. The van der Waals surface area contributed by atoms with Crippen molar-refractivity contribution in [1.82, 2.24) is 19.8 Å². The normalized spacial score (nSPS) is 17.2. The topological polar surface area (TPSA) is 62.2 Å². The molecule has 2 N–H and O–H groups in total. The Morgan fingerprint density at radius 1 is 1.06 bits per heavy atom. The Morgan fingerprint density at radius 2 is 1.83 bits per heavy atom. The molecule has 3 heterocycles. The number of benzene rings is 2. The molecule has 5 rings (SSSR count). The second kappa shape index (κ2) is 10.3. The van der Waals surface area contributed by atoms with E-state index in [1.165, 1.54) is 6.07 Å². The molecule has 2 aromatic heterocycles. The SMILES string of the molecule is Cc1ccccc1NC(=O)CCN1C(=S)N[C@H](c2ccccn2)[C@H]1c1cccn1-c1ccccc1F. The number of rotatable bonds is 7. The Hall–Kier alpha value is -4.04. The number of nitrogens with zero attached hydrogens (tertiary/aromatic N) is 3. The first-order chi connectivity index (χ1) is 17.5. The van der Waals surface area contributed by atoms with Crippen molar-refractivity contribution in [2.24, 2.45) is 0 Å². The van der Waals surface area contributed by atoms with Gasteiger partial charge in [-0.05, 0) is 67.2 Å². The third kappa shape index (κ3) is 4.72. The molecular weight excluding hydrogens is 473 g/mol. The van der Waals surface area contributed by atoms with Crippen LogP contribution in [0.5, 0.6) is 0 Å². The van der Waals surface area contributed by atoms with E-state index in [1.54, 1.807) is 18.3 Å². The number of carbonyl (C=O) groups excluding carboxylic acids is 1. The molecule has 1 fully saturated rings.